The summed E-state index contributed by atoms with van der Waals surface area (Å²) in [5, 5.41) is 12.8. The van der Waals surface area contributed by atoms with Crippen molar-refractivity contribution in [2.75, 3.05) is 6.54 Å². The Kier molecular flexibility index (Phi) is 3.92. The van der Waals surface area contributed by atoms with Crippen LogP contribution >= 0.6 is 11.3 Å². The molecule has 1 aromatic rings. The minimum Gasteiger partial charge on any atom is -0.481 e. The Morgan fingerprint density at radius 2 is 2.46 bits per heavy atom. The maximum Gasteiger partial charge on any atom is 0.307 e. The molecule has 0 amide bonds. The molecule has 1 heterocycles. The molecule has 0 aliphatic rings. The van der Waals surface area contributed by atoms with Gasteiger partial charge in [-0.1, -0.05) is 0 Å². The third kappa shape index (κ3) is 3.16. The van der Waals surface area contributed by atoms with Crippen LogP contribution in [-0.4, -0.2) is 17.6 Å². The largest absolute Gasteiger partial charge is 0.481 e. The first kappa shape index (κ1) is 10.2. The average molecular weight is 199 g/mol. The Hall–Kier alpha value is -0.870. The lowest BCUT2D eigenvalue weighted by Gasteiger charge is -2.07. The summed E-state index contributed by atoms with van der Waals surface area (Å²) in [7, 11) is 0. The van der Waals surface area contributed by atoms with Gasteiger partial charge in [-0.05, 0) is 35.2 Å². The number of carbonyl (C=O) groups is 1. The van der Waals surface area contributed by atoms with Gasteiger partial charge < -0.3 is 10.8 Å². The van der Waals surface area contributed by atoms with Crippen LogP contribution in [0.15, 0.2) is 16.8 Å². The highest BCUT2D eigenvalue weighted by Crippen LogP contribution is 2.12. The molecule has 3 N–H and O–H groups in total. The summed E-state index contributed by atoms with van der Waals surface area (Å²) in [6.45, 7) is 0.222. The second kappa shape index (κ2) is 4.99. The average Bonchev–Trinajstić information content (AvgIpc) is 2.57. The number of hydrogen-bond acceptors (Lipinski definition) is 3. The van der Waals surface area contributed by atoms with Crippen LogP contribution in [0.3, 0.4) is 0 Å². The van der Waals surface area contributed by atoms with Gasteiger partial charge in [0.15, 0.2) is 0 Å². The summed E-state index contributed by atoms with van der Waals surface area (Å²) in [5.74, 6) is -1.20. The number of carboxylic acid groups (broad SMARTS) is 1. The van der Waals surface area contributed by atoms with E-state index in [4.69, 9.17) is 10.8 Å². The van der Waals surface area contributed by atoms with Gasteiger partial charge in [0.05, 0.1) is 5.92 Å². The van der Waals surface area contributed by atoms with Crippen LogP contribution in [0.5, 0.6) is 0 Å². The van der Waals surface area contributed by atoms with Gasteiger partial charge >= 0.3 is 5.97 Å². The zero-order valence-corrected chi connectivity index (χ0v) is 8.09. The summed E-state index contributed by atoms with van der Waals surface area (Å²) < 4.78 is 0. The molecule has 0 fully saturated rings. The number of aryl methyl sites for hydroxylation is 1. The fraction of sp³-hybridized carbons (Fsp3) is 0.444. The second-order valence-electron chi connectivity index (χ2n) is 2.94. The van der Waals surface area contributed by atoms with Crippen molar-refractivity contribution in [2.45, 2.75) is 12.8 Å². The van der Waals surface area contributed by atoms with Crippen LogP contribution < -0.4 is 5.73 Å². The number of hydrogen-bond donors (Lipinski definition) is 2. The molecule has 1 aromatic heterocycles. The zero-order valence-electron chi connectivity index (χ0n) is 7.27. The Morgan fingerprint density at radius 1 is 1.69 bits per heavy atom. The molecule has 0 bridgehead atoms. The molecule has 13 heavy (non-hydrogen) atoms. The maximum atomic E-state index is 10.6. The van der Waals surface area contributed by atoms with Crippen LogP contribution in [0, 0.1) is 5.92 Å². The fourth-order valence-electron chi connectivity index (χ4n) is 1.12. The number of aliphatic carboxylic acids is 1. The zero-order chi connectivity index (χ0) is 9.68. The first-order chi connectivity index (χ1) is 6.24. The number of carboxylic acids is 1. The molecule has 72 valence electrons. The van der Waals surface area contributed by atoms with Crippen molar-refractivity contribution in [2.24, 2.45) is 11.7 Å². The van der Waals surface area contributed by atoms with Crippen LogP contribution in [0.25, 0.3) is 0 Å². The highest BCUT2D eigenvalue weighted by Gasteiger charge is 2.14. The van der Waals surface area contributed by atoms with Crippen molar-refractivity contribution >= 4 is 17.3 Å². The molecule has 0 aromatic carbocycles. The predicted octanol–water partition coefficient (Wildman–Crippen LogP) is 1.34. The van der Waals surface area contributed by atoms with Gasteiger partial charge in [0.1, 0.15) is 0 Å². The van der Waals surface area contributed by atoms with Gasteiger partial charge in [-0.3, -0.25) is 4.79 Å². The Labute approximate surface area is 81.2 Å². The molecule has 1 rings (SSSR count). The van der Waals surface area contributed by atoms with E-state index in [0.29, 0.717) is 6.42 Å². The standard InChI is InChI=1S/C9H13NO2S/c10-5-8(9(11)12)2-1-7-3-4-13-6-7/h3-4,6,8H,1-2,5,10H2,(H,11,12). The van der Waals surface area contributed by atoms with Crippen LogP contribution in [0.4, 0.5) is 0 Å². The highest BCUT2D eigenvalue weighted by atomic mass is 32.1. The minimum absolute atomic E-state index is 0.222. The molecule has 3 nitrogen and oxygen atoms in total. The summed E-state index contributed by atoms with van der Waals surface area (Å²) in [4.78, 5) is 10.6. The van der Waals surface area contributed by atoms with E-state index >= 15 is 0 Å². The highest BCUT2D eigenvalue weighted by molar-refractivity contribution is 7.07. The topological polar surface area (TPSA) is 63.3 Å². The SMILES string of the molecule is NCC(CCc1ccsc1)C(=O)O. The molecule has 1 unspecified atom stereocenters. The van der Waals surface area contributed by atoms with Crippen LogP contribution in [0.1, 0.15) is 12.0 Å². The van der Waals surface area contributed by atoms with Crippen molar-refractivity contribution in [1.29, 1.82) is 0 Å². The summed E-state index contributed by atoms with van der Waals surface area (Å²) in [5.41, 5.74) is 6.53. The van der Waals surface area contributed by atoms with Crippen molar-refractivity contribution in [3.05, 3.63) is 22.4 Å². The Morgan fingerprint density at radius 3 is 2.92 bits per heavy atom. The van der Waals surface area contributed by atoms with Gasteiger partial charge in [-0.15, -0.1) is 0 Å². The van der Waals surface area contributed by atoms with E-state index in [1.807, 2.05) is 16.8 Å². The fourth-order valence-corrected chi connectivity index (χ4v) is 1.82. The molecule has 0 spiro atoms. The van der Waals surface area contributed by atoms with Crippen LogP contribution in [-0.2, 0) is 11.2 Å². The molecule has 0 aliphatic heterocycles. The molecule has 0 aliphatic carbocycles. The molecule has 0 saturated heterocycles. The van der Waals surface area contributed by atoms with Gasteiger partial charge in [-0.2, -0.15) is 11.3 Å². The lowest BCUT2D eigenvalue weighted by molar-refractivity contribution is -0.141. The quantitative estimate of drug-likeness (QED) is 0.752. The molecule has 1 atom stereocenters. The third-order valence-corrected chi connectivity index (χ3v) is 2.73. The summed E-state index contributed by atoms with van der Waals surface area (Å²) in [6.07, 6.45) is 1.43. The first-order valence-corrected chi connectivity index (χ1v) is 5.12. The normalized spacial score (nSPS) is 12.7. The molecular weight excluding hydrogens is 186 g/mol. The molecular formula is C9H13NO2S. The predicted molar refractivity (Wildman–Crippen MR) is 52.8 cm³/mol. The van der Waals surface area contributed by atoms with E-state index in [2.05, 4.69) is 0 Å². The van der Waals surface area contributed by atoms with Gasteiger partial charge in [0.2, 0.25) is 0 Å². The third-order valence-electron chi connectivity index (χ3n) is 2.00. The smallest absolute Gasteiger partial charge is 0.307 e. The van der Waals surface area contributed by atoms with E-state index in [1.165, 1.54) is 5.56 Å². The number of thiophene rings is 1. The molecule has 0 radical (unpaired) electrons. The second-order valence-corrected chi connectivity index (χ2v) is 3.72. The van der Waals surface area contributed by atoms with E-state index in [1.54, 1.807) is 11.3 Å². The van der Waals surface area contributed by atoms with E-state index in [9.17, 15) is 4.79 Å². The molecule has 0 saturated carbocycles. The van der Waals surface area contributed by atoms with Crippen molar-refractivity contribution in [1.82, 2.24) is 0 Å². The first-order valence-electron chi connectivity index (χ1n) is 4.18. The van der Waals surface area contributed by atoms with Gasteiger partial charge in [0.25, 0.3) is 0 Å². The summed E-state index contributed by atoms with van der Waals surface area (Å²) in [6, 6.07) is 2.01. The van der Waals surface area contributed by atoms with Crippen molar-refractivity contribution in [3.8, 4) is 0 Å². The van der Waals surface area contributed by atoms with Gasteiger partial charge in [-0.25, -0.2) is 0 Å². The minimum atomic E-state index is -0.794. The van der Waals surface area contributed by atoms with Crippen LogP contribution in [0.2, 0.25) is 0 Å². The summed E-state index contributed by atoms with van der Waals surface area (Å²) >= 11 is 1.63. The lowest BCUT2D eigenvalue weighted by Crippen LogP contribution is -2.23. The Bertz CT molecular complexity index is 259. The van der Waals surface area contributed by atoms with E-state index in [-0.39, 0.29) is 6.54 Å². The van der Waals surface area contributed by atoms with Crippen molar-refractivity contribution < 1.29 is 9.90 Å². The Balaban J connectivity index is 2.36. The maximum absolute atomic E-state index is 10.6. The van der Waals surface area contributed by atoms with Gasteiger partial charge in [0, 0.05) is 6.54 Å². The van der Waals surface area contributed by atoms with E-state index in [0.717, 1.165) is 6.42 Å². The number of nitrogens with two attached hydrogens (primary N) is 1. The van der Waals surface area contributed by atoms with E-state index < -0.39 is 11.9 Å². The monoisotopic (exact) mass is 199 g/mol. The lowest BCUT2D eigenvalue weighted by atomic mass is 10.0. The number of rotatable bonds is 5. The van der Waals surface area contributed by atoms with Crippen molar-refractivity contribution in [3.63, 3.8) is 0 Å². The molecule has 4 heteroatoms.